The first-order chi connectivity index (χ1) is 12.6. The van der Waals surface area contributed by atoms with E-state index < -0.39 is 0 Å². The van der Waals surface area contributed by atoms with Gasteiger partial charge in [0.05, 0.1) is 0 Å². The average Bonchev–Trinajstić information content (AvgIpc) is 3.16. The van der Waals surface area contributed by atoms with E-state index in [4.69, 9.17) is 0 Å². The lowest BCUT2D eigenvalue weighted by molar-refractivity contribution is -0.120. The van der Waals surface area contributed by atoms with E-state index in [1.807, 2.05) is 29.2 Å². The van der Waals surface area contributed by atoms with Crippen LogP contribution in [0.3, 0.4) is 0 Å². The van der Waals surface area contributed by atoms with Gasteiger partial charge in [0.25, 0.3) is 5.91 Å². The molecule has 0 radical (unpaired) electrons. The van der Waals surface area contributed by atoms with Crippen molar-refractivity contribution in [1.29, 1.82) is 0 Å². The lowest BCUT2D eigenvalue weighted by atomic mass is 9.88. The Morgan fingerprint density at radius 1 is 1.00 bits per heavy atom. The molecular formula is C22H32N2O2. The van der Waals surface area contributed by atoms with Gasteiger partial charge in [-0.3, -0.25) is 9.59 Å². The molecule has 2 aliphatic rings. The second kappa shape index (κ2) is 8.70. The minimum atomic E-state index is 0.0839. The molecule has 2 saturated carbocycles. The Morgan fingerprint density at radius 3 is 2.31 bits per heavy atom. The largest absolute Gasteiger partial charge is 0.333 e. The van der Waals surface area contributed by atoms with E-state index in [2.05, 4.69) is 19.2 Å². The summed E-state index contributed by atoms with van der Waals surface area (Å²) in [4.78, 5) is 27.7. The van der Waals surface area contributed by atoms with E-state index in [0.29, 0.717) is 11.6 Å². The Hall–Kier alpha value is -1.84. The monoisotopic (exact) mass is 356 g/mol. The molecule has 4 heteroatoms. The molecule has 1 aromatic carbocycles. The molecule has 0 unspecified atom stereocenters. The number of nitrogens with zero attached hydrogens (tertiary/aromatic N) is 1. The quantitative estimate of drug-likeness (QED) is 0.807. The van der Waals surface area contributed by atoms with E-state index in [1.54, 1.807) is 0 Å². The molecule has 1 N–H and O–H groups in total. The lowest BCUT2D eigenvalue weighted by Crippen LogP contribution is -2.43. The van der Waals surface area contributed by atoms with Crippen molar-refractivity contribution in [3.8, 4) is 0 Å². The second-order valence-electron chi connectivity index (χ2n) is 8.15. The molecule has 0 atom stereocenters. The van der Waals surface area contributed by atoms with Gasteiger partial charge in [0.2, 0.25) is 5.91 Å². The molecule has 2 amide bonds. The number of carbonyl (C=O) groups excluding carboxylic acids is 2. The van der Waals surface area contributed by atoms with Gasteiger partial charge in [-0.05, 0) is 57.7 Å². The zero-order valence-electron chi connectivity index (χ0n) is 16.2. The number of benzene rings is 1. The van der Waals surface area contributed by atoms with Crippen molar-refractivity contribution in [2.75, 3.05) is 5.32 Å². The van der Waals surface area contributed by atoms with Gasteiger partial charge in [-0.2, -0.15) is 0 Å². The Bertz CT molecular complexity index is 629. The predicted octanol–water partition coefficient (Wildman–Crippen LogP) is 5.00. The van der Waals surface area contributed by atoms with Crippen molar-refractivity contribution in [2.45, 2.75) is 83.7 Å². The summed E-state index contributed by atoms with van der Waals surface area (Å²) in [7, 11) is 0. The standard InChI is InChI=1S/C22H32N2O2/c1-16(2)24(20-13-6-7-14-20)22(26)18-11-8-12-19(15-18)23-21(25)17-9-4-3-5-10-17/h8,11-12,15-17,20H,3-7,9-10,13-14H2,1-2H3,(H,23,25). The third kappa shape index (κ3) is 4.46. The average molecular weight is 357 g/mol. The maximum absolute atomic E-state index is 13.1. The molecule has 0 aromatic heterocycles. The van der Waals surface area contributed by atoms with Gasteiger partial charge in [0, 0.05) is 29.3 Å². The molecule has 142 valence electrons. The number of nitrogens with one attached hydrogen (secondary N) is 1. The molecule has 26 heavy (non-hydrogen) atoms. The summed E-state index contributed by atoms with van der Waals surface area (Å²) in [5.41, 5.74) is 1.41. The number of rotatable bonds is 5. The van der Waals surface area contributed by atoms with Crippen molar-refractivity contribution < 1.29 is 9.59 Å². The zero-order valence-corrected chi connectivity index (χ0v) is 16.2. The van der Waals surface area contributed by atoms with Crippen LogP contribution in [0.4, 0.5) is 5.69 Å². The Balaban J connectivity index is 1.71. The van der Waals surface area contributed by atoms with E-state index >= 15 is 0 Å². The van der Waals surface area contributed by atoms with Crippen LogP contribution in [-0.4, -0.2) is 28.8 Å². The number of carbonyl (C=O) groups is 2. The normalized spacial score (nSPS) is 18.9. The van der Waals surface area contributed by atoms with Gasteiger partial charge < -0.3 is 10.2 Å². The van der Waals surface area contributed by atoms with Crippen molar-refractivity contribution in [1.82, 2.24) is 4.90 Å². The summed E-state index contributed by atoms with van der Waals surface area (Å²) in [5.74, 6) is 0.306. The highest BCUT2D eigenvalue weighted by atomic mass is 16.2. The SMILES string of the molecule is CC(C)N(C(=O)c1cccc(NC(=O)C2CCCCC2)c1)C1CCCC1. The molecule has 3 rings (SSSR count). The van der Waals surface area contributed by atoms with Crippen LogP contribution in [0.2, 0.25) is 0 Å². The first-order valence-electron chi connectivity index (χ1n) is 10.3. The second-order valence-corrected chi connectivity index (χ2v) is 8.15. The fraction of sp³-hybridized carbons (Fsp3) is 0.636. The number of amides is 2. The van der Waals surface area contributed by atoms with E-state index in [1.165, 1.54) is 19.3 Å². The Kier molecular flexibility index (Phi) is 6.33. The highest BCUT2D eigenvalue weighted by molar-refractivity contribution is 5.98. The summed E-state index contributed by atoms with van der Waals surface area (Å²) in [6.07, 6.45) is 10.1. The van der Waals surface area contributed by atoms with Crippen molar-refractivity contribution in [2.24, 2.45) is 5.92 Å². The highest BCUT2D eigenvalue weighted by Crippen LogP contribution is 2.28. The molecule has 0 spiro atoms. The predicted molar refractivity (Wildman–Crippen MR) is 105 cm³/mol. The van der Waals surface area contributed by atoms with Crippen LogP contribution in [0.15, 0.2) is 24.3 Å². The van der Waals surface area contributed by atoms with Crippen LogP contribution in [0.1, 0.15) is 82.0 Å². The molecule has 1 aromatic rings. The van der Waals surface area contributed by atoms with Crippen LogP contribution in [0.25, 0.3) is 0 Å². The fourth-order valence-electron chi connectivity index (χ4n) is 4.49. The summed E-state index contributed by atoms with van der Waals surface area (Å²) >= 11 is 0. The Labute approximate surface area is 157 Å². The molecule has 4 nitrogen and oxygen atoms in total. The summed E-state index contributed by atoms with van der Waals surface area (Å²) in [5, 5.41) is 3.03. The smallest absolute Gasteiger partial charge is 0.254 e. The van der Waals surface area contributed by atoms with Gasteiger partial charge in [-0.15, -0.1) is 0 Å². The molecule has 0 aliphatic heterocycles. The maximum Gasteiger partial charge on any atom is 0.254 e. The lowest BCUT2D eigenvalue weighted by Gasteiger charge is -2.33. The molecule has 2 aliphatic carbocycles. The van der Waals surface area contributed by atoms with E-state index in [9.17, 15) is 9.59 Å². The molecule has 0 heterocycles. The number of hydrogen-bond donors (Lipinski definition) is 1. The first-order valence-corrected chi connectivity index (χ1v) is 10.3. The van der Waals surface area contributed by atoms with Gasteiger partial charge in [0.1, 0.15) is 0 Å². The number of anilines is 1. The highest BCUT2D eigenvalue weighted by Gasteiger charge is 2.29. The molecular weight excluding hydrogens is 324 g/mol. The van der Waals surface area contributed by atoms with Crippen LogP contribution in [0.5, 0.6) is 0 Å². The summed E-state index contributed by atoms with van der Waals surface area (Å²) < 4.78 is 0. The van der Waals surface area contributed by atoms with Gasteiger partial charge in [-0.25, -0.2) is 0 Å². The molecule has 0 bridgehead atoms. The van der Waals surface area contributed by atoms with Crippen LogP contribution >= 0.6 is 0 Å². The minimum Gasteiger partial charge on any atom is -0.333 e. The first kappa shape index (κ1) is 18.9. The van der Waals surface area contributed by atoms with Crippen molar-refractivity contribution >= 4 is 17.5 Å². The van der Waals surface area contributed by atoms with Crippen LogP contribution in [-0.2, 0) is 4.79 Å². The third-order valence-electron chi connectivity index (χ3n) is 5.86. The van der Waals surface area contributed by atoms with Crippen molar-refractivity contribution in [3.63, 3.8) is 0 Å². The topological polar surface area (TPSA) is 49.4 Å². The van der Waals surface area contributed by atoms with Crippen molar-refractivity contribution in [3.05, 3.63) is 29.8 Å². The molecule has 0 saturated heterocycles. The third-order valence-corrected chi connectivity index (χ3v) is 5.86. The maximum atomic E-state index is 13.1. The zero-order chi connectivity index (χ0) is 18.5. The van der Waals surface area contributed by atoms with E-state index in [-0.39, 0.29) is 23.8 Å². The van der Waals surface area contributed by atoms with E-state index in [0.717, 1.165) is 44.2 Å². The van der Waals surface area contributed by atoms with Crippen LogP contribution in [0, 0.1) is 5.92 Å². The van der Waals surface area contributed by atoms with Crippen LogP contribution < -0.4 is 5.32 Å². The Morgan fingerprint density at radius 2 is 1.65 bits per heavy atom. The van der Waals surface area contributed by atoms with Gasteiger partial charge >= 0.3 is 0 Å². The fourth-order valence-corrected chi connectivity index (χ4v) is 4.49. The van der Waals surface area contributed by atoms with Gasteiger partial charge in [-0.1, -0.05) is 38.2 Å². The number of hydrogen-bond acceptors (Lipinski definition) is 2. The summed E-state index contributed by atoms with van der Waals surface area (Å²) in [6, 6.07) is 7.99. The minimum absolute atomic E-state index is 0.0839. The summed E-state index contributed by atoms with van der Waals surface area (Å²) in [6.45, 7) is 4.18. The molecule has 2 fully saturated rings. The van der Waals surface area contributed by atoms with Gasteiger partial charge in [0.15, 0.2) is 0 Å².